The molecular weight excluding hydrogens is 374 g/mol. The SMILES string of the molecule is CCC(C(N)=O)n1c(Cc2ccccc2OC)nc2sc3c(c2c1=O)CCC3. The van der Waals surface area contributed by atoms with Gasteiger partial charge in [-0.15, -0.1) is 11.3 Å². The molecule has 4 rings (SSSR count). The second kappa shape index (κ2) is 7.39. The summed E-state index contributed by atoms with van der Waals surface area (Å²) < 4.78 is 6.97. The van der Waals surface area contributed by atoms with Crippen LogP contribution < -0.4 is 16.0 Å². The van der Waals surface area contributed by atoms with Gasteiger partial charge in [0.15, 0.2) is 0 Å². The van der Waals surface area contributed by atoms with Crippen molar-refractivity contribution >= 4 is 27.5 Å². The Labute approximate surface area is 167 Å². The Morgan fingerprint density at radius 2 is 2.14 bits per heavy atom. The van der Waals surface area contributed by atoms with Crippen LogP contribution in [0.4, 0.5) is 0 Å². The van der Waals surface area contributed by atoms with Crippen molar-refractivity contribution in [2.75, 3.05) is 7.11 Å². The van der Waals surface area contributed by atoms with Crippen LogP contribution in [-0.4, -0.2) is 22.6 Å². The number of rotatable bonds is 6. The summed E-state index contributed by atoms with van der Waals surface area (Å²) >= 11 is 1.60. The first-order chi connectivity index (χ1) is 13.5. The van der Waals surface area contributed by atoms with Crippen molar-refractivity contribution in [1.82, 2.24) is 9.55 Å². The number of benzene rings is 1. The predicted octanol–water partition coefficient (Wildman–Crippen LogP) is 2.98. The van der Waals surface area contributed by atoms with Crippen molar-refractivity contribution in [1.29, 1.82) is 0 Å². The Kier molecular flexibility index (Phi) is 4.93. The van der Waals surface area contributed by atoms with Crippen LogP contribution in [0.15, 0.2) is 29.1 Å². The topological polar surface area (TPSA) is 87.2 Å². The van der Waals surface area contributed by atoms with Gasteiger partial charge in [-0.2, -0.15) is 0 Å². The number of primary amides is 1. The average molecular weight is 398 g/mol. The number of aromatic nitrogens is 2. The molecule has 0 aliphatic heterocycles. The van der Waals surface area contributed by atoms with Crippen LogP contribution in [0, 0.1) is 0 Å². The number of carbonyl (C=O) groups excluding carboxylic acids is 1. The lowest BCUT2D eigenvalue weighted by Gasteiger charge is -2.20. The van der Waals surface area contributed by atoms with E-state index in [1.54, 1.807) is 18.4 Å². The maximum Gasteiger partial charge on any atom is 0.263 e. The molecule has 0 radical (unpaired) electrons. The van der Waals surface area contributed by atoms with Crippen molar-refractivity contribution in [3.8, 4) is 5.75 Å². The van der Waals surface area contributed by atoms with Gasteiger partial charge in [0.05, 0.1) is 12.5 Å². The van der Waals surface area contributed by atoms with Gasteiger partial charge in [0.25, 0.3) is 5.56 Å². The molecule has 1 unspecified atom stereocenters. The van der Waals surface area contributed by atoms with E-state index >= 15 is 0 Å². The number of hydrogen-bond donors (Lipinski definition) is 1. The van der Waals surface area contributed by atoms with Gasteiger partial charge in [-0.05, 0) is 37.3 Å². The minimum Gasteiger partial charge on any atom is -0.496 e. The van der Waals surface area contributed by atoms with Crippen LogP contribution in [-0.2, 0) is 24.1 Å². The Hall–Kier alpha value is -2.67. The summed E-state index contributed by atoms with van der Waals surface area (Å²) in [6.45, 7) is 1.86. The molecule has 2 heterocycles. The highest BCUT2D eigenvalue weighted by Crippen LogP contribution is 2.35. The first kappa shape index (κ1) is 18.7. The molecule has 7 heteroatoms. The number of ether oxygens (including phenoxy) is 1. The van der Waals surface area contributed by atoms with Crippen molar-refractivity contribution in [2.24, 2.45) is 5.73 Å². The molecule has 0 fully saturated rings. The largest absolute Gasteiger partial charge is 0.496 e. The molecule has 1 aliphatic rings. The zero-order valence-electron chi connectivity index (χ0n) is 16.0. The van der Waals surface area contributed by atoms with Gasteiger partial charge in [-0.3, -0.25) is 14.2 Å². The van der Waals surface area contributed by atoms with Crippen molar-refractivity contribution in [3.05, 3.63) is 56.4 Å². The monoisotopic (exact) mass is 397 g/mol. The zero-order valence-corrected chi connectivity index (χ0v) is 16.8. The Balaban J connectivity index is 1.96. The molecule has 2 N–H and O–H groups in total. The molecule has 2 aromatic heterocycles. The molecule has 0 spiro atoms. The average Bonchev–Trinajstić information content (AvgIpc) is 3.25. The van der Waals surface area contributed by atoms with Gasteiger partial charge >= 0.3 is 0 Å². The first-order valence-corrected chi connectivity index (χ1v) is 10.3. The quantitative estimate of drug-likeness (QED) is 0.693. The Morgan fingerprint density at radius 3 is 2.86 bits per heavy atom. The molecule has 3 aromatic rings. The summed E-state index contributed by atoms with van der Waals surface area (Å²) in [6, 6.07) is 6.92. The second-order valence-corrected chi connectivity index (χ2v) is 8.14. The van der Waals surface area contributed by atoms with Crippen molar-refractivity contribution in [3.63, 3.8) is 0 Å². The lowest BCUT2D eigenvalue weighted by atomic mass is 10.1. The molecular formula is C21H23N3O3S. The molecule has 1 amide bonds. The summed E-state index contributed by atoms with van der Waals surface area (Å²) in [6.07, 6.45) is 3.78. The third-order valence-electron chi connectivity index (χ3n) is 5.41. The van der Waals surface area contributed by atoms with Gasteiger partial charge in [0, 0.05) is 16.9 Å². The van der Waals surface area contributed by atoms with Crippen LogP contribution in [0.1, 0.15) is 47.6 Å². The normalized spacial score (nSPS) is 14.2. The number of hydrogen-bond acceptors (Lipinski definition) is 5. The Bertz CT molecular complexity index is 1120. The van der Waals surface area contributed by atoms with Crippen LogP contribution in [0.3, 0.4) is 0 Å². The Morgan fingerprint density at radius 1 is 1.36 bits per heavy atom. The second-order valence-electron chi connectivity index (χ2n) is 7.06. The zero-order chi connectivity index (χ0) is 19.8. The standard InChI is InChI=1S/C21H23N3O3S/c1-3-14(19(22)25)24-17(11-12-7-4-5-9-15(12)27-2)23-20-18(21(24)26)13-8-6-10-16(13)28-20/h4-5,7,9,14H,3,6,8,10-11H2,1-2H3,(H2,22,25). The number of nitrogens with two attached hydrogens (primary N) is 1. The summed E-state index contributed by atoms with van der Waals surface area (Å²) in [5.41, 5.74) is 7.51. The highest BCUT2D eigenvalue weighted by molar-refractivity contribution is 7.18. The summed E-state index contributed by atoms with van der Waals surface area (Å²) in [4.78, 5) is 32.5. The maximum absolute atomic E-state index is 13.5. The minimum absolute atomic E-state index is 0.153. The van der Waals surface area contributed by atoms with Crippen LogP contribution >= 0.6 is 11.3 Å². The summed E-state index contributed by atoms with van der Waals surface area (Å²) in [7, 11) is 1.62. The lowest BCUT2D eigenvalue weighted by Crippen LogP contribution is -2.36. The van der Waals surface area contributed by atoms with E-state index in [1.165, 1.54) is 9.44 Å². The van der Waals surface area contributed by atoms with E-state index in [2.05, 4.69) is 0 Å². The van der Waals surface area contributed by atoms with E-state index in [0.717, 1.165) is 41.0 Å². The van der Waals surface area contributed by atoms with Gasteiger partial charge in [0.2, 0.25) is 5.91 Å². The maximum atomic E-state index is 13.5. The number of amides is 1. The third kappa shape index (κ3) is 2.99. The number of carbonyl (C=O) groups is 1. The first-order valence-electron chi connectivity index (χ1n) is 9.52. The number of para-hydroxylation sites is 1. The van der Waals surface area contributed by atoms with E-state index in [0.29, 0.717) is 24.1 Å². The van der Waals surface area contributed by atoms with Crippen LogP contribution in [0.2, 0.25) is 0 Å². The van der Waals surface area contributed by atoms with Crippen molar-refractivity contribution < 1.29 is 9.53 Å². The van der Waals surface area contributed by atoms with Gasteiger partial charge in [-0.1, -0.05) is 25.1 Å². The molecule has 0 bridgehead atoms. The number of aryl methyl sites for hydroxylation is 2. The highest BCUT2D eigenvalue weighted by Gasteiger charge is 2.27. The fourth-order valence-electron chi connectivity index (χ4n) is 4.07. The van der Waals surface area contributed by atoms with Gasteiger partial charge in [-0.25, -0.2) is 4.98 Å². The van der Waals surface area contributed by atoms with E-state index < -0.39 is 11.9 Å². The van der Waals surface area contributed by atoms with Crippen LogP contribution in [0.5, 0.6) is 5.75 Å². The minimum atomic E-state index is -0.717. The smallest absolute Gasteiger partial charge is 0.263 e. The van der Waals surface area contributed by atoms with E-state index in [4.69, 9.17) is 15.5 Å². The fraction of sp³-hybridized carbons (Fsp3) is 0.381. The third-order valence-corrected chi connectivity index (χ3v) is 6.60. The molecule has 1 atom stereocenters. The highest BCUT2D eigenvalue weighted by atomic mass is 32.1. The van der Waals surface area contributed by atoms with Gasteiger partial charge < -0.3 is 10.5 Å². The molecule has 6 nitrogen and oxygen atoms in total. The van der Waals surface area contributed by atoms with Crippen LogP contribution in [0.25, 0.3) is 10.2 Å². The number of thiophene rings is 1. The molecule has 0 saturated carbocycles. The van der Waals surface area contributed by atoms with E-state index in [-0.39, 0.29) is 5.56 Å². The van der Waals surface area contributed by atoms with E-state index in [9.17, 15) is 9.59 Å². The molecule has 28 heavy (non-hydrogen) atoms. The predicted molar refractivity (Wildman–Crippen MR) is 110 cm³/mol. The lowest BCUT2D eigenvalue weighted by molar-refractivity contribution is -0.121. The molecule has 1 aliphatic carbocycles. The molecule has 146 valence electrons. The van der Waals surface area contributed by atoms with E-state index in [1.807, 2.05) is 31.2 Å². The van der Waals surface area contributed by atoms with Crippen molar-refractivity contribution in [2.45, 2.75) is 45.1 Å². The number of methoxy groups -OCH3 is 1. The fourth-order valence-corrected chi connectivity index (χ4v) is 5.35. The molecule has 0 saturated heterocycles. The summed E-state index contributed by atoms with van der Waals surface area (Å²) in [5, 5.41) is 0.668. The van der Waals surface area contributed by atoms with Gasteiger partial charge in [0.1, 0.15) is 22.4 Å². The number of nitrogens with zero attached hydrogens (tertiary/aromatic N) is 2. The molecule has 1 aromatic carbocycles. The summed E-state index contributed by atoms with van der Waals surface area (Å²) in [5.74, 6) is 0.760. The number of fused-ring (bicyclic) bond motifs is 3.